The number of nitrogens with one attached hydrogen (secondary N) is 1. The molecular formula is C23H29N3O3. The van der Waals surface area contributed by atoms with Crippen molar-refractivity contribution in [3.05, 3.63) is 60.2 Å². The number of Topliss-reactive ketones (excluding diaryl/α,β-unsaturated/α-hetero) is 1. The minimum atomic E-state index is -0.483. The van der Waals surface area contributed by atoms with Crippen molar-refractivity contribution in [2.45, 2.75) is 19.4 Å². The van der Waals surface area contributed by atoms with E-state index in [0.29, 0.717) is 13.0 Å². The molecule has 0 bridgehead atoms. The molecule has 1 heterocycles. The monoisotopic (exact) mass is 395 g/mol. The molecule has 3 rings (SSSR count). The van der Waals surface area contributed by atoms with Gasteiger partial charge in [-0.15, -0.1) is 0 Å². The maximum Gasteiger partial charge on any atom is 0.234 e. The molecule has 2 aromatic carbocycles. The summed E-state index contributed by atoms with van der Waals surface area (Å²) in [6, 6.07) is 17.3. The Morgan fingerprint density at radius 1 is 1.03 bits per heavy atom. The van der Waals surface area contributed by atoms with Crippen LogP contribution in [0.25, 0.3) is 0 Å². The highest BCUT2D eigenvalue weighted by molar-refractivity contribution is 5.88. The number of carbonyl (C=O) groups is 2. The Kier molecular flexibility index (Phi) is 7.25. The molecule has 1 saturated heterocycles. The maximum absolute atomic E-state index is 12.5. The third-order valence-electron chi connectivity index (χ3n) is 5.27. The van der Waals surface area contributed by atoms with Gasteiger partial charge in [0.15, 0.2) is 5.78 Å². The molecule has 154 valence electrons. The first kappa shape index (κ1) is 20.9. The zero-order valence-corrected chi connectivity index (χ0v) is 17.1. The molecule has 6 heteroatoms. The average molecular weight is 396 g/mol. The van der Waals surface area contributed by atoms with Crippen molar-refractivity contribution in [3.8, 4) is 5.75 Å². The van der Waals surface area contributed by atoms with Gasteiger partial charge in [0.25, 0.3) is 0 Å². The van der Waals surface area contributed by atoms with Gasteiger partial charge < -0.3 is 15.0 Å². The summed E-state index contributed by atoms with van der Waals surface area (Å²) in [6.45, 7) is 5.13. The molecular weight excluding hydrogens is 366 g/mol. The Labute approximate surface area is 172 Å². The summed E-state index contributed by atoms with van der Waals surface area (Å²) >= 11 is 0. The van der Waals surface area contributed by atoms with Gasteiger partial charge in [-0.05, 0) is 31.0 Å². The fourth-order valence-electron chi connectivity index (χ4n) is 3.56. The normalized spacial score (nSPS) is 15.6. The number of benzene rings is 2. The molecule has 0 spiro atoms. The molecule has 1 unspecified atom stereocenters. The molecule has 29 heavy (non-hydrogen) atoms. The summed E-state index contributed by atoms with van der Waals surface area (Å²) in [5.74, 6) is 0.721. The first-order valence-corrected chi connectivity index (χ1v) is 10.0. The number of piperazine rings is 1. The number of hydrogen-bond donors (Lipinski definition) is 1. The number of ketones is 1. The van der Waals surface area contributed by atoms with Gasteiger partial charge in [-0.2, -0.15) is 0 Å². The Morgan fingerprint density at radius 3 is 2.41 bits per heavy atom. The van der Waals surface area contributed by atoms with Gasteiger partial charge in [-0.25, -0.2) is 0 Å². The minimum absolute atomic E-state index is 0.0231. The van der Waals surface area contributed by atoms with Crippen LogP contribution in [0.15, 0.2) is 54.6 Å². The topological polar surface area (TPSA) is 61.9 Å². The van der Waals surface area contributed by atoms with Gasteiger partial charge in [0, 0.05) is 37.9 Å². The molecule has 1 amide bonds. The van der Waals surface area contributed by atoms with Gasteiger partial charge >= 0.3 is 0 Å². The van der Waals surface area contributed by atoms with Crippen molar-refractivity contribution in [2.24, 2.45) is 0 Å². The van der Waals surface area contributed by atoms with E-state index in [2.05, 4.69) is 21.2 Å². The average Bonchev–Trinajstić information content (AvgIpc) is 2.74. The van der Waals surface area contributed by atoms with E-state index in [1.165, 1.54) is 6.92 Å². The van der Waals surface area contributed by atoms with E-state index in [0.717, 1.165) is 43.2 Å². The van der Waals surface area contributed by atoms with Crippen LogP contribution in [0, 0.1) is 0 Å². The van der Waals surface area contributed by atoms with E-state index in [1.54, 1.807) is 7.11 Å². The van der Waals surface area contributed by atoms with Crippen LogP contribution in [0.1, 0.15) is 12.5 Å². The third kappa shape index (κ3) is 6.06. The Bertz CT molecular complexity index is 817. The zero-order valence-electron chi connectivity index (χ0n) is 17.1. The number of carbonyl (C=O) groups excluding carboxylic acids is 2. The third-order valence-corrected chi connectivity index (χ3v) is 5.27. The summed E-state index contributed by atoms with van der Waals surface area (Å²) < 4.78 is 5.30. The molecule has 6 nitrogen and oxygen atoms in total. The first-order chi connectivity index (χ1) is 14.0. The second-order valence-electron chi connectivity index (χ2n) is 7.39. The predicted molar refractivity (Wildman–Crippen MR) is 114 cm³/mol. The van der Waals surface area contributed by atoms with E-state index < -0.39 is 6.04 Å². The van der Waals surface area contributed by atoms with E-state index >= 15 is 0 Å². The van der Waals surface area contributed by atoms with Crippen molar-refractivity contribution >= 4 is 17.4 Å². The summed E-state index contributed by atoms with van der Waals surface area (Å²) in [6.07, 6.45) is 0.519. The first-order valence-electron chi connectivity index (χ1n) is 10.0. The molecule has 2 aromatic rings. The molecule has 1 N–H and O–H groups in total. The number of amides is 1. The van der Waals surface area contributed by atoms with Gasteiger partial charge in [0.2, 0.25) is 5.91 Å². The van der Waals surface area contributed by atoms with E-state index in [4.69, 9.17) is 4.74 Å². The Hall–Kier alpha value is -2.86. The SMILES string of the molecule is COc1cccc(N2CCN(CC(=O)NC(Cc3ccccc3)C(C)=O)CC2)c1. The fraction of sp³-hybridized carbons (Fsp3) is 0.391. The van der Waals surface area contributed by atoms with Crippen molar-refractivity contribution in [1.29, 1.82) is 0 Å². The highest BCUT2D eigenvalue weighted by Gasteiger charge is 2.22. The summed E-state index contributed by atoms with van der Waals surface area (Å²) in [5, 5.41) is 2.91. The second-order valence-corrected chi connectivity index (χ2v) is 7.39. The fourth-order valence-corrected chi connectivity index (χ4v) is 3.56. The molecule has 0 radical (unpaired) electrons. The number of ether oxygens (including phenoxy) is 1. The second kappa shape index (κ2) is 10.1. The molecule has 0 aromatic heterocycles. The van der Waals surface area contributed by atoms with Crippen molar-refractivity contribution in [3.63, 3.8) is 0 Å². The van der Waals surface area contributed by atoms with Crippen LogP contribution < -0.4 is 15.0 Å². The van der Waals surface area contributed by atoms with Crippen LogP contribution in [0.2, 0.25) is 0 Å². The lowest BCUT2D eigenvalue weighted by atomic mass is 10.0. The number of anilines is 1. The van der Waals surface area contributed by atoms with E-state index in [-0.39, 0.29) is 11.7 Å². The van der Waals surface area contributed by atoms with E-state index in [9.17, 15) is 9.59 Å². The summed E-state index contributed by atoms with van der Waals surface area (Å²) in [5.41, 5.74) is 2.17. The van der Waals surface area contributed by atoms with Crippen molar-refractivity contribution < 1.29 is 14.3 Å². The number of methoxy groups -OCH3 is 1. The van der Waals surface area contributed by atoms with Crippen LogP contribution in [0.3, 0.4) is 0 Å². The summed E-state index contributed by atoms with van der Waals surface area (Å²) in [7, 11) is 1.67. The van der Waals surface area contributed by atoms with Crippen molar-refractivity contribution in [2.75, 3.05) is 44.7 Å². The molecule has 1 aliphatic heterocycles. The Morgan fingerprint density at radius 2 is 1.76 bits per heavy atom. The van der Waals surface area contributed by atoms with Crippen LogP contribution >= 0.6 is 0 Å². The molecule has 1 aliphatic rings. The largest absolute Gasteiger partial charge is 0.497 e. The number of nitrogens with zero attached hydrogens (tertiary/aromatic N) is 2. The van der Waals surface area contributed by atoms with Crippen LogP contribution in [-0.2, 0) is 16.0 Å². The van der Waals surface area contributed by atoms with Gasteiger partial charge in [0.05, 0.1) is 19.7 Å². The van der Waals surface area contributed by atoms with Crippen LogP contribution in [0.5, 0.6) is 5.75 Å². The molecule has 0 saturated carbocycles. The summed E-state index contributed by atoms with van der Waals surface area (Å²) in [4.78, 5) is 28.9. The Balaban J connectivity index is 1.49. The maximum atomic E-state index is 12.5. The lowest BCUT2D eigenvalue weighted by molar-refractivity contribution is -0.127. The van der Waals surface area contributed by atoms with Crippen LogP contribution in [0.4, 0.5) is 5.69 Å². The van der Waals surface area contributed by atoms with Gasteiger partial charge in [-0.1, -0.05) is 36.4 Å². The lowest BCUT2D eigenvalue weighted by Crippen LogP contribution is -2.51. The van der Waals surface area contributed by atoms with Gasteiger partial charge in [-0.3, -0.25) is 14.5 Å². The molecule has 0 aliphatic carbocycles. The highest BCUT2D eigenvalue weighted by atomic mass is 16.5. The smallest absolute Gasteiger partial charge is 0.234 e. The predicted octanol–water partition coefficient (Wildman–Crippen LogP) is 2.13. The van der Waals surface area contributed by atoms with Gasteiger partial charge in [0.1, 0.15) is 5.75 Å². The number of hydrogen-bond acceptors (Lipinski definition) is 5. The molecule has 1 fully saturated rings. The lowest BCUT2D eigenvalue weighted by Gasteiger charge is -2.36. The number of rotatable bonds is 8. The standard InChI is InChI=1S/C23H29N3O3/c1-18(27)22(15-19-7-4-3-5-8-19)24-23(28)17-25-11-13-26(14-12-25)20-9-6-10-21(16-20)29-2/h3-10,16,22H,11-15,17H2,1-2H3,(H,24,28). The van der Waals surface area contributed by atoms with Crippen LogP contribution in [-0.4, -0.2) is 62.5 Å². The zero-order chi connectivity index (χ0) is 20.6. The van der Waals surface area contributed by atoms with E-state index in [1.807, 2.05) is 48.5 Å². The highest BCUT2D eigenvalue weighted by Crippen LogP contribution is 2.22. The van der Waals surface area contributed by atoms with Crippen molar-refractivity contribution in [1.82, 2.24) is 10.2 Å². The minimum Gasteiger partial charge on any atom is -0.497 e. The quantitative estimate of drug-likeness (QED) is 0.742. The molecule has 1 atom stereocenters.